The van der Waals surface area contributed by atoms with Crippen molar-refractivity contribution in [2.75, 3.05) is 19.6 Å². The molecule has 0 bridgehead atoms. The van der Waals surface area contributed by atoms with Crippen molar-refractivity contribution in [2.45, 2.75) is 39.5 Å². The maximum absolute atomic E-state index is 12.1. The minimum atomic E-state index is -0.841. The Morgan fingerprint density at radius 1 is 1.55 bits per heavy atom. The van der Waals surface area contributed by atoms with Crippen molar-refractivity contribution >= 4 is 23.3 Å². The number of amides is 2. The van der Waals surface area contributed by atoms with Crippen LogP contribution in [0.5, 0.6) is 0 Å². The number of aliphatic carboxylic acids is 1. The van der Waals surface area contributed by atoms with Gasteiger partial charge in [-0.15, -0.1) is 11.3 Å². The quantitative estimate of drug-likeness (QED) is 0.870. The summed E-state index contributed by atoms with van der Waals surface area (Å²) in [6.45, 7) is 7.17. The lowest BCUT2D eigenvalue weighted by molar-refractivity contribution is -0.146. The Morgan fingerprint density at radius 2 is 2.27 bits per heavy atom. The van der Waals surface area contributed by atoms with Crippen molar-refractivity contribution < 1.29 is 14.7 Å². The Morgan fingerprint density at radius 3 is 2.82 bits per heavy atom. The second-order valence-electron chi connectivity index (χ2n) is 6.35. The van der Waals surface area contributed by atoms with Gasteiger partial charge >= 0.3 is 12.0 Å². The van der Waals surface area contributed by atoms with Crippen LogP contribution in [0, 0.1) is 5.41 Å². The van der Waals surface area contributed by atoms with Crippen LogP contribution in [-0.4, -0.2) is 46.6 Å². The maximum Gasteiger partial charge on any atom is 0.317 e. The normalized spacial score (nSPS) is 21.4. The Kier molecular flexibility index (Phi) is 5.05. The molecule has 2 amide bonds. The summed E-state index contributed by atoms with van der Waals surface area (Å²) in [5.41, 5.74) is 0.170. The van der Waals surface area contributed by atoms with Crippen LogP contribution in [0.4, 0.5) is 4.79 Å². The van der Waals surface area contributed by atoms with E-state index < -0.39 is 11.4 Å². The second-order valence-corrected chi connectivity index (χ2v) is 7.24. The molecule has 1 aliphatic heterocycles. The van der Waals surface area contributed by atoms with Crippen LogP contribution < -0.4 is 5.32 Å². The molecule has 1 aromatic heterocycles. The van der Waals surface area contributed by atoms with E-state index in [1.54, 1.807) is 23.2 Å². The number of hydrogen-bond donors (Lipinski definition) is 2. The summed E-state index contributed by atoms with van der Waals surface area (Å²) in [7, 11) is 0. The summed E-state index contributed by atoms with van der Waals surface area (Å²) in [6.07, 6.45) is 1.19. The first-order chi connectivity index (χ1) is 10.3. The molecule has 1 unspecified atom stereocenters. The van der Waals surface area contributed by atoms with Gasteiger partial charge in [0.25, 0.3) is 0 Å². The molecule has 122 valence electrons. The number of nitrogens with one attached hydrogen (secondary N) is 1. The molecule has 22 heavy (non-hydrogen) atoms. The van der Waals surface area contributed by atoms with E-state index in [0.29, 0.717) is 31.8 Å². The Labute approximate surface area is 134 Å². The number of carbonyl (C=O) groups excluding carboxylic acids is 1. The van der Waals surface area contributed by atoms with Crippen LogP contribution in [0.2, 0.25) is 0 Å². The predicted octanol–water partition coefficient (Wildman–Crippen LogP) is 2.32. The number of rotatable bonds is 5. The average Bonchev–Trinajstić information content (AvgIpc) is 3.06. The van der Waals surface area contributed by atoms with Crippen molar-refractivity contribution in [1.29, 1.82) is 0 Å². The fourth-order valence-electron chi connectivity index (χ4n) is 2.42. The number of nitrogens with zero attached hydrogens (tertiary/aromatic N) is 2. The highest BCUT2D eigenvalue weighted by atomic mass is 32.1. The number of carboxylic acid groups (broad SMARTS) is 1. The molecule has 0 aliphatic carbocycles. The minimum Gasteiger partial charge on any atom is -0.481 e. The zero-order chi connectivity index (χ0) is 16.3. The summed E-state index contributed by atoms with van der Waals surface area (Å²) in [5, 5.41) is 15.2. The van der Waals surface area contributed by atoms with Crippen molar-refractivity contribution in [3.05, 3.63) is 16.1 Å². The molecular weight excluding hydrogens is 302 g/mol. The fraction of sp³-hybridized carbons (Fsp3) is 0.667. The first-order valence-corrected chi connectivity index (χ1v) is 8.40. The van der Waals surface area contributed by atoms with Crippen LogP contribution in [0.15, 0.2) is 5.38 Å². The van der Waals surface area contributed by atoms with E-state index in [2.05, 4.69) is 24.1 Å². The second kappa shape index (κ2) is 6.64. The van der Waals surface area contributed by atoms with Crippen molar-refractivity contribution in [3.63, 3.8) is 0 Å². The molecular formula is C15H23N3O3S. The van der Waals surface area contributed by atoms with Crippen molar-refractivity contribution in [2.24, 2.45) is 5.41 Å². The Balaban J connectivity index is 1.77. The molecule has 2 N–H and O–H groups in total. The Bertz CT molecular complexity index is 558. The highest BCUT2D eigenvalue weighted by Gasteiger charge is 2.42. The molecule has 6 nitrogen and oxygen atoms in total. The summed E-state index contributed by atoms with van der Waals surface area (Å²) >= 11 is 1.65. The van der Waals surface area contributed by atoms with Crippen LogP contribution in [0.1, 0.15) is 43.8 Å². The molecule has 0 radical (unpaired) electrons. The van der Waals surface area contributed by atoms with Gasteiger partial charge in [0.1, 0.15) is 0 Å². The van der Waals surface area contributed by atoms with E-state index in [0.717, 1.165) is 10.7 Å². The highest BCUT2D eigenvalue weighted by Crippen LogP contribution is 2.29. The molecule has 0 spiro atoms. The van der Waals surface area contributed by atoms with Gasteiger partial charge in [-0.25, -0.2) is 9.78 Å². The van der Waals surface area contributed by atoms with Crippen molar-refractivity contribution in [3.8, 4) is 0 Å². The third-order valence-corrected chi connectivity index (χ3v) is 5.19. The molecule has 1 atom stereocenters. The van der Waals surface area contributed by atoms with E-state index in [9.17, 15) is 14.7 Å². The van der Waals surface area contributed by atoms with Gasteiger partial charge in [-0.1, -0.05) is 13.8 Å². The SMILES string of the molecule is CC(C)c1nc(CCNC(=O)N2CCC(C)(C(=O)O)C2)cs1. The van der Waals surface area contributed by atoms with Crippen molar-refractivity contribution in [1.82, 2.24) is 15.2 Å². The molecule has 2 heterocycles. The molecule has 1 saturated heterocycles. The highest BCUT2D eigenvalue weighted by molar-refractivity contribution is 7.09. The molecule has 0 saturated carbocycles. The average molecular weight is 325 g/mol. The van der Waals surface area contributed by atoms with Crippen LogP contribution >= 0.6 is 11.3 Å². The van der Waals surface area contributed by atoms with Gasteiger partial charge in [0, 0.05) is 37.4 Å². The summed E-state index contributed by atoms with van der Waals surface area (Å²) in [5.74, 6) is -0.418. The van der Waals surface area contributed by atoms with Crippen LogP contribution in [0.25, 0.3) is 0 Å². The standard InChI is InChI=1S/C15H23N3O3S/c1-10(2)12-17-11(8-22-12)4-6-16-14(21)18-7-5-15(3,9-18)13(19)20/h8,10H,4-7,9H2,1-3H3,(H,16,21)(H,19,20). The van der Waals surface area contributed by atoms with E-state index in [-0.39, 0.29) is 12.6 Å². The smallest absolute Gasteiger partial charge is 0.317 e. The Hall–Kier alpha value is -1.63. The van der Waals surface area contributed by atoms with Gasteiger partial charge < -0.3 is 15.3 Å². The van der Waals surface area contributed by atoms with Gasteiger partial charge in [-0.3, -0.25) is 4.79 Å². The number of urea groups is 1. The maximum atomic E-state index is 12.1. The van der Waals surface area contributed by atoms with Gasteiger partial charge in [0.2, 0.25) is 0 Å². The topological polar surface area (TPSA) is 82.5 Å². The van der Waals surface area contributed by atoms with E-state index in [4.69, 9.17) is 0 Å². The number of carboxylic acids is 1. The summed E-state index contributed by atoms with van der Waals surface area (Å²) in [6, 6.07) is -0.190. The number of thiazole rings is 1. The molecule has 7 heteroatoms. The summed E-state index contributed by atoms with van der Waals surface area (Å²) < 4.78 is 0. The van der Waals surface area contributed by atoms with E-state index in [1.165, 1.54) is 0 Å². The minimum absolute atomic E-state index is 0.190. The van der Waals surface area contributed by atoms with Gasteiger partial charge in [0.05, 0.1) is 16.1 Å². The lowest BCUT2D eigenvalue weighted by Crippen LogP contribution is -2.41. The molecule has 1 aliphatic rings. The third kappa shape index (κ3) is 3.76. The lowest BCUT2D eigenvalue weighted by atomic mass is 9.90. The predicted molar refractivity (Wildman–Crippen MR) is 85.2 cm³/mol. The summed E-state index contributed by atoms with van der Waals surface area (Å²) in [4.78, 5) is 29.4. The fourth-order valence-corrected chi connectivity index (χ4v) is 3.29. The molecule has 1 aromatic rings. The number of carbonyl (C=O) groups is 2. The first-order valence-electron chi connectivity index (χ1n) is 7.52. The zero-order valence-electron chi connectivity index (χ0n) is 13.3. The number of aromatic nitrogens is 1. The molecule has 0 aromatic carbocycles. The third-order valence-electron chi connectivity index (χ3n) is 4.00. The number of hydrogen-bond acceptors (Lipinski definition) is 4. The van der Waals surface area contributed by atoms with Crippen LogP contribution in [-0.2, 0) is 11.2 Å². The van der Waals surface area contributed by atoms with Gasteiger partial charge in [0.15, 0.2) is 0 Å². The van der Waals surface area contributed by atoms with E-state index in [1.807, 2.05) is 5.38 Å². The van der Waals surface area contributed by atoms with Gasteiger partial charge in [-0.05, 0) is 13.3 Å². The zero-order valence-corrected chi connectivity index (χ0v) is 14.1. The first kappa shape index (κ1) is 16.7. The molecule has 2 rings (SSSR count). The number of likely N-dealkylation sites (tertiary alicyclic amines) is 1. The molecule has 1 fully saturated rings. The van der Waals surface area contributed by atoms with E-state index >= 15 is 0 Å². The largest absolute Gasteiger partial charge is 0.481 e. The van der Waals surface area contributed by atoms with Gasteiger partial charge in [-0.2, -0.15) is 0 Å². The van der Waals surface area contributed by atoms with Crippen LogP contribution in [0.3, 0.4) is 0 Å². The monoisotopic (exact) mass is 325 g/mol. The lowest BCUT2D eigenvalue weighted by Gasteiger charge is -2.20.